The maximum Gasteiger partial charge on any atom is 0.306 e. The van der Waals surface area contributed by atoms with E-state index in [1.54, 1.807) is 0 Å². The molecule has 30 heavy (non-hydrogen) atoms. The Kier molecular flexibility index (Phi) is 5.79. The summed E-state index contributed by atoms with van der Waals surface area (Å²) in [7, 11) is 0. The van der Waals surface area contributed by atoms with Crippen molar-refractivity contribution in [1.29, 1.82) is 0 Å². The van der Waals surface area contributed by atoms with Gasteiger partial charge >= 0.3 is 5.97 Å². The van der Waals surface area contributed by atoms with Crippen LogP contribution in [0.3, 0.4) is 0 Å². The van der Waals surface area contributed by atoms with E-state index in [4.69, 9.17) is 10.5 Å². The Hall–Kier alpha value is -3.61. The molecule has 1 fully saturated rings. The maximum absolute atomic E-state index is 11.4. The van der Waals surface area contributed by atoms with E-state index in [9.17, 15) is 9.90 Å². The van der Waals surface area contributed by atoms with Gasteiger partial charge in [-0.3, -0.25) is 4.79 Å². The van der Waals surface area contributed by atoms with E-state index in [1.165, 1.54) is 6.33 Å². The van der Waals surface area contributed by atoms with Gasteiger partial charge in [0.2, 0.25) is 0 Å². The minimum absolute atomic E-state index is 0.0357. The number of nitrogens with zero attached hydrogens (tertiary/aromatic N) is 2. The number of benzene rings is 2. The maximum atomic E-state index is 11.4. The number of carboxylic acid groups (broad SMARTS) is 1. The zero-order chi connectivity index (χ0) is 20.9. The van der Waals surface area contributed by atoms with Gasteiger partial charge in [0.15, 0.2) is 0 Å². The van der Waals surface area contributed by atoms with Crippen LogP contribution in [0, 0.1) is 5.92 Å². The van der Waals surface area contributed by atoms with Gasteiger partial charge in [0.1, 0.15) is 29.5 Å². The standard InChI is InChI=1S/C23H24N4O3/c24-21-20(15-9-11-19(12-10-15)30-18-7-2-1-3-8-18)22(26-14-25-21)27-17-6-4-5-16(13-17)23(28)29/h1-3,7-12,14,16-17H,4-6,13H2,(H,28,29)(H3,24,25,26,27)/t16-,17+/m0/s1. The van der Waals surface area contributed by atoms with Crippen LogP contribution in [0.15, 0.2) is 60.9 Å². The summed E-state index contributed by atoms with van der Waals surface area (Å²) in [6.07, 6.45) is 4.48. The first-order chi connectivity index (χ1) is 14.6. The number of aromatic nitrogens is 2. The molecule has 1 aliphatic rings. The monoisotopic (exact) mass is 404 g/mol. The molecule has 0 bridgehead atoms. The summed E-state index contributed by atoms with van der Waals surface area (Å²) in [6, 6.07) is 17.2. The number of rotatable bonds is 6. The molecule has 7 nitrogen and oxygen atoms in total. The Balaban J connectivity index is 1.55. The minimum Gasteiger partial charge on any atom is -0.481 e. The van der Waals surface area contributed by atoms with E-state index < -0.39 is 5.97 Å². The molecule has 154 valence electrons. The number of ether oxygens (including phenoxy) is 1. The van der Waals surface area contributed by atoms with Crippen molar-refractivity contribution in [1.82, 2.24) is 9.97 Å². The highest BCUT2D eigenvalue weighted by Gasteiger charge is 2.28. The second-order valence-corrected chi connectivity index (χ2v) is 7.47. The Bertz CT molecular complexity index is 1010. The number of nitrogens with one attached hydrogen (secondary N) is 1. The third kappa shape index (κ3) is 4.51. The predicted octanol–water partition coefficient (Wildman–Crippen LogP) is 4.57. The van der Waals surface area contributed by atoms with Crippen LogP contribution in [-0.2, 0) is 4.79 Å². The molecule has 0 spiro atoms. The van der Waals surface area contributed by atoms with Crippen molar-refractivity contribution < 1.29 is 14.6 Å². The summed E-state index contributed by atoms with van der Waals surface area (Å²) in [5, 5.41) is 12.7. The van der Waals surface area contributed by atoms with Crippen LogP contribution in [-0.4, -0.2) is 27.1 Å². The Labute approximate surface area is 174 Å². The van der Waals surface area contributed by atoms with Gasteiger partial charge in [-0.2, -0.15) is 0 Å². The molecule has 1 heterocycles. The summed E-state index contributed by atoms with van der Waals surface area (Å²) in [4.78, 5) is 19.9. The largest absolute Gasteiger partial charge is 0.481 e. The van der Waals surface area contributed by atoms with Gasteiger partial charge in [0, 0.05) is 6.04 Å². The molecule has 4 N–H and O–H groups in total. The average Bonchev–Trinajstić information content (AvgIpc) is 2.76. The highest BCUT2D eigenvalue weighted by atomic mass is 16.5. The van der Waals surface area contributed by atoms with Crippen LogP contribution >= 0.6 is 0 Å². The van der Waals surface area contributed by atoms with Crippen molar-refractivity contribution in [2.45, 2.75) is 31.7 Å². The summed E-state index contributed by atoms with van der Waals surface area (Å²) in [5.41, 5.74) is 7.75. The third-order valence-electron chi connectivity index (χ3n) is 5.36. The number of hydrogen-bond donors (Lipinski definition) is 3. The molecule has 4 rings (SSSR count). The van der Waals surface area contributed by atoms with Crippen molar-refractivity contribution in [3.8, 4) is 22.6 Å². The van der Waals surface area contributed by atoms with Crippen molar-refractivity contribution in [2.24, 2.45) is 5.92 Å². The van der Waals surface area contributed by atoms with E-state index in [-0.39, 0.29) is 12.0 Å². The molecular weight excluding hydrogens is 380 g/mol. The fourth-order valence-corrected chi connectivity index (χ4v) is 3.85. The molecule has 0 saturated heterocycles. The van der Waals surface area contributed by atoms with Crippen LogP contribution < -0.4 is 15.8 Å². The van der Waals surface area contributed by atoms with Gasteiger partial charge in [0.05, 0.1) is 11.5 Å². The van der Waals surface area contributed by atoms with E-state index in [2.05, 4.69) is 15.3 Å². The molecule has 2 aromatic carbocycles. The van der Waals surface area contributed by atoms with Gasteiger partial charge in [-0.1, -0.05) is 36.8 Å². The van der Waals surface area contributed by atoms with E-state index >= 15 is 0 Å². The molecular formula is C23H24N4O3. The lowest BCUT2D eigenvalue weighted by Crippen LogP contribution is -2.31. The summed E-state index contributed by atoms with van der Waals surface area (Å²) in [6.45, 7) is 0. The zero-order valence-corrected chi connectivity index (χ0v) is 16.5. The van der Waals surface area contributed by atoms with Crippen LogP contribution in [0.25, 0.3) is 11.1 Å². The zero-order valence-electron chi connectivity index (χ0n) is 16.5. The second-order valence-electron chi connectivity index (χ2n) is 7.47. The highest BCUT2D eigenvalue weighted by molar-refractivity contribution is 5.83. The summed E-state index contributed by atoms with van der Waals surface area (Å²) >= 11 is 0. The normalized spacial score (nSPS) is 18.5. The van der Waals surface area contributed by atoms with Crippen molar-refractivity contribution >= 4 is 17.6 Å². The van der Waals surface area contributed by atoms with Gasteiger partial charge in [0.25, 0.3) is 0 Å². The summed E-state index contributed by atoms with van der Waals surface area (Å²) < 4.78 is 5.85. The lowest BCUT2D eigenvalue weighted by atomic mass is 9.85. The van der Waals surface area contributed by atoms with Crippen LogP contribution in [0.2, 0.25) is 0 Å². The number of hydrogen-bond acceptors (Lipinski definition) is 6. The predicted molar refractivity (Wildman–Crippen MR) is 115 cm³/mol. The number of aliphatic carboxylic acids is 1. The molecule has 0 unspecified atom stereocenters. The van der Waals surface area contributed by atoms with E-state index in [0.717, 1.165) is 30.6 Å². The first-order valence-electron chi connectivity index (χ1n) is 10.0. The summed E-state index contributed by atoms with van der Waals surface area (Å²) in [5.74, 6) is 1.41. The molecule has 7 heteroatoms. The van der Waals surface area contributed by atoms with E-state index in [1.807, 2.05) is 54.6 Å². The number of carbonyl (C=O) groups is 1. The van der Waals surface area contributed by atoms with Crippen LogP contribution in [0.1, 0.15) is 25.7 Å². The Morgan fingerprint density at radius 3 is 2.50 bits per heavy atom. The molecule has 0 aliphatic heterocycles. The van der Waals surface area contributed by atoms with Gasteiger partial charge in [-0.15, -0.1) is 0 Å². The number of anilines is 2. The quantitative estimate of drug-likeness (QED) is 0.552. The number of carboxylic acids is 1. The smallest absolute Gasteiger partial charge is 0.306 e. The van der Waals surface area contributed by atoms with Crippen LogP contribution in [0.5, 0.6) is 11.5 Å². The fourth-order valence-electron chi connectivity index (χ4n) is 3.85. The van der Waals surface area contributed by atoms with Gasteiger partial charge in [-0.05, 0) is 49.1 Å². The Morgan fingerprint density at radius 2 is 1.77 bits per heavy atom. The van der Waals surface area contributed by atoms with Gasteiger partial charge in [-0.25, -0.2) is 9.97 Å². The van der Waals surface area contributed by atoms with Gasteiger partial charge < -0.3 is 20.9 Å². The molecule has 0 radical (unpaired) electrons. The lowest BCUT2D eigenvalue weighted by Gasteiger charge is -2.28. The lowest BCUT2D eigenvalue weighted by molar-refractivity contribution is -0.142. The van der Waals surface area contributed by atoms with Crippen molar-refractivity contribution in [2.75, 3.05) is 11.1 Å². The molecule has 0 amide bonds. The number of nitrogen functional groups attached to an aromatic ring is 1. The fraction of sp³-hybridized carbons (Fsp3) is 0.261. The Morgan fingerprint density at radius 1 is 1.03 bits per heavy atom. The molecule has 1 aromatic heterocycles. The number of para-hydroxylation sites is 1. The number of nitrogens with two attached hydrogens (primary N) is 1. The highest BCUT2D eigenvalue weighted by Crippen LogP contribution is 2.35. The van der Waals surface area contributed by atoms with Crippen molar-refractivity contribution in [3.05, 3.63) is 60.9 Å². The van der Waals surface area contributed by atoms with E-state index in [0.29, 0.717) is 29.4 Å². The SMILES string of the molecule is Nc1ncnc(N[C@@H]2CCC[C@H](C(=O)O)C2)c1-c1ccc(Oc2ccccc2)cc1. The molecule has 1 saturated carbocycles. The van der Waals surface area contributed by atoms with Crippen molar-refractivity contribution in [3.63, 3.8) is 0 Å². The third-order valence-corrected chi connectivity index (χ3v) is 5.36. The first-order valence-corrected chi connectivity index (χ1v) is 10.0. The first kappa shape index (κ1) is 19.7. The molecule has 3 aromatic rings. The average molecular weight is 404 g/mol. The second kappa shape index (κ2) is 8.82. The minimum atomic E-state index is -0.738. The molecule has 1 aliphatic carbocycles. The molecule has 2 atom stereocenters. The topological polar surface area (TPSA) is 110 Å². The van der Waals surface area contributed by atoms with Crippen LogP contribution in [0.4, 0.5) is 11.6 Å².